The summed E-state index contributed by atoms with van der Waals surface area (Å²) in [5.41, 5.74) is 3.41. The van der Waals surface area contributed by atoms with E-state index in [1.54, 1.807) is 11.3 Å². The molecule has 1 N–H and O–H groups in total. The van der Waals surface area contributed by atoms with Crippen molar-refractivity contribution in [1.82, 2.24) is 9.97 Å². The number of nitrogens with one attached hydrogen (secondary N) is 1. The highest BCUT2D eigenvalue weighted by Gasteiger charge is 2.06. The van der Waals surface area contributed by atoms with Crippen LogP contribution >= 0.6 is 11.3 Å². The van der Waals surface area contributed by atoms with Gasteiger partial charge < -0.3 is 5.32 Å². The molecule has 0 spiro atoms. The lowest BCUT2D eigenvalue weighted by molar-refractivity contribution is 1.12. The molecule has 0 aliphatic rings. The Hall–Kier alpha value is -1.94. The van der Waals surface area contributed by atoms with Gasteiger partial charge in [-0.2, -0.15) is 0 Å². The molecule has 96 valence electrons. The van der Waals surface area contributed by atoms with Crippen LogP contribution in [0.1, 0.15) is 12.5 Å². The summed E-state index contributed by atoms with van der Waals surface area (Å²) in [7, 11) is 1.91. The Morgan fingerprint density at radius 3 is 2.84 bits per heavy atom. The van der Waals surface area contributed by atoms with Gasteiger partial charge in [-0.15, -0.1) is 11.3 Å². The van der Waals surface area contributed by atoms with Crippen LogP contribution in [0, 0.1) is 0 Å². The van der Waals surface area contributed by atoms with Gasteiger partial charge in [-0.1, -0.05) is 6.92 Å². The maximum Gasteiger partial charge on any atom is 0.129 e. The van der Waals surface area contributed by atoms with Crippen molar-refractivity contribution in [3.63, 3.8) is 0 Å². The topological polar surface area (TPSA) is 37.8 Å². The van der Waals surface area contributed by atoms with E-state index >= 15 is 0 Å². The molecule has 2 heterocycles. The highest BCUT2D eigenvalue weighted by molar-refractivity contribution is 7.13. The Kier molecular flexibility index (Phi) is 3.17. The van der Waals surface area contributed by atoms with Crippen molar-refractivity contribution in [2.75, 3.05) is 12.4 Å². The van der Waals surface area contributed by atoms with Crippen LogP contribution in [-0.4, -0.2) is 17.0 Å². The molecule has 0 radical (unpaired) electrons. The second-order valence-corrected chi connectivity index (χ2v) is 5.24. The molecule has 0 amide bonds. The first-order chi connectivity index (χ1) is 9.31. The van der Waals surface area contributed by atoms with Crippen LogP contribution in [0.3, 0.4) is 0 Å². The molecule has 1 aromatic carbocycles. The molecule has 4 heteroatoms. The number of pyridine rings is 1. The number of rotatable bonds is 3. The third kappa shape index (κ3) is 2.19. The molecular formula is C15H15N3S. The van der Waals surface area contributed by atoms with Crippen molar-refractivity contribution < 1.29 is 0 Å². The molecule has 0 atom stereocenters. The molecule has 0 saturated heterocycles. The van der Waals surface area contributed by atoms with Gasteiger partial charge in [0.25, 0.3) is 0 Å². The molecule has 0 aliphatic carbocycles. The van der Waals surface area contributed by atoms with Gasteiger partial charge in [-0.05, 0) is 36.2 Å². The lowest BCUT2D eigenvalue weighted by Crippen LogP contribution is -1.98. The van der Waals surface area contributed by atoms with E-state index in [-0.39, 0.29) is 0 Å². The van der Waals surface area contributed by atoms with Crippen LogP contribution in [0.2, 0.25) is 0 Å². The second kappa shape index (κ2) is 4.97. The van der Waals surface area contributed by atoms with Crippen LogP contribution in [0.15, 0.2) is 35.8 Å². The van der Waals surface area contributed by atoms with Gasteiger partial charge in [0.1, 0.15) is 10.8 Å². The number of anilines is 1. The van der Waals surface area contributed by atoms with E-state index in [0.717, 1.165) is 28.3 Å². The minimum absolute atomic E-state index is 0.969. The normalized spacial score (nSPS) is 10.8. The summed E-state index contributed by atoms with van der Waals surface area (Å²) in [6, 6.07) is 8.52. The Bertz CT molecular complexity index is 705. The van der Waals surface area contributed by atoms with E-state index in [2.05, 4.69) is 46.5 Å². The fourth-order valence-corrected chi connectivity index (χ4v) is 2.84. The van der Waals surface area contributed by atoms with E-state index < -0.39 is 0 Å². The van der Waals surface area contributed by atoms with E-state index in [4.69, 9.17) is 0 Å². The van der Waals surface area contributed by atoms with E-state index in [0.29, 0.717) is 0 Å². The Morgan fingerprint density at radius 1 is 1.26 bits per heavy atom. The van der Waals surface area contributed by atoms with Crippen molar-refractivity contribution in [2.45, 2.75) is 13.3 Å². The van der Waals surface area contributed by atoms with Crippen LogP contribution in [0.4, 0.5) is 5.82 Å². The number of benzene rings is 1. The van der Waals surface area contributed by atoms with E-state index in [1.807, 2.05) is 18.6 Å². The predicted octanol–water partition coefficient (Wildman–Crippen LogP) is 3.96. The quantitative estimate of drug-likeness (QED) is 0.782. The number of aromatic nitrogens is 2. The molecule has 0 unspecified atom stereocenters. The van der Waals surface area contributed by atoms with E-state index in [9.17, 15) is 0 Å². The Morgan fingerprint density at radius 2 is 2.16 bits per heavy atom. The van der Waals surface area contributed by atoms with Gasteiger partial charge in [-0.25, -0.2) is 9.97 Å². The zero-order chi connectivity index (χ0) is 13.2. The molecule has 3 nitrogen and oxygen atoms in total. The third-order valence-electron chi connectivity index (χ3n) is 3.19. The minimum atomic E-state index is 0.969. The lowest BCUT2D eigenvalue weighted by atomic mass is 10.1. The first-order valence-corrected chi connectivity index (χ1v) is 7.21. The van der Waals surface area contributed by atoms with Crippen molar-refractivity contribution in [3.8, 4) is 10.6 Å². The molecule has 19 heavy (non-hydrogen) atoms. The summed E-state index contributed by atoms with van der Waals surface area (Å²) in [6.07, 6.45) is 2.81. The van der Waals surface area contributed by atoms with Crippen LogP contribution in [0.25, 0.3) is 21.5 Å². The monoisotopic (exact) mass is 269 g/mol. The average molecular weight is 269 g/mol. The molecule has 3 aromatic rings. The maximum atomic E-state index is 4.66. The zero-order valence-corrected chi connectivity index (χ0v) is 11.8. The van der Waals surface area contributed by atoms with Crippen molar-refractivity contribution in [1.29, 1.82) is 0 Å². The summed E-state index contributed by atoms with van der Waals surface area (Å²) in [5.74, 6) is 0.969. The van der Waals surface area contributed by atoms with Crippen molar-refractivity contribution >= 4 is 28.1 Å². The van der Waals surface area contributed by atoms with Crippen molar-refractivity contribution in [2.24, 2.45) is 0 Å². The lowest BCUT2D eigenvalue weighted by Gasteiger charge is -2.09. The fourth-order valence-electron chi connectivity index (χ4n) is 2.21. The summed E-state index contributed by atoms with van der Waals surface area (Å²) in [6.45, 7) is 2.15. The number of hydrogen-bond donors (Lipinski definition) is 1. The van der Waals surface area contributed by atoms with Crippen LogP contribution < -0.4 is 5.32 Å². The first-order valence-electron chi connectivity index (χ1n) is 6.33. The van der Waals surface area contributed by atoms with Gasteiger partial charge in [0.15, 0.2) is 0 Å². The van der Waals surface area contributed by atoms with Gasteiger partial charge in [0.2, 0.25) is 0 Å². The predicted molar refractivity (Wildman–Crippen MR) is 81.8 cm³/mol. The smallest absolute Gasteiger partial charge is 0.129 e. The third-order valence-corrected chi connectivity index (χ3v) is 4.01. The van der Waals surface area contributed by atoms with Crippen molar-refractivity contribution in [3.05, 3.63) is 41.4 Å². The summed E-state index contributed by atoms with van der Waals surface area (Å²) < 4.78 is 0. The molecule has 0 saturated carbocycles. The highest BCUT2D eigenvalue weighted by atomic mass is 32.1. The van der Waals surface area contributed by atoms with Gasteiger partial charge in [-0.3, -0.25) is 0 Å². The molecular weight excluding hydrogens is 254 g/mol. The summed E-state index contributed by atoms with van der Waals surface area (Å²) >= 11 is 1.66. The maximum absolute atomic E-state index is 4.66. The standard InChI is InChI=1S/C15H15N3S/c1-3-10-8-12-9-11(15-17-6-7-19-15)4-5-13(12)18-14(10)16-2/h4-9H,3H2,1-2H3,(H,16,18). The minimum Gasteiger partial charge on any atom is -0.373 e. The zero-order valence-electron chi connectivity index (χ0n) is 11.0. The number of hydrogen-bond acceptors (Lipinski definition) is 4. The van der Waals surface area contributed by atoms with Gasteiger partial charge >= 0.3 is 0 Å². The van der Waals surface area contributed by atoms with Gasteiger partial charge in [0.05, 0.1) is 5.52 Å². The molecule has 0 bridgehead atoms. The number of nitrogens with zero attached hydrogens (tertiary/aromatic N) is 2. The van der Waals surface area contributed by atoms with Crippen LogP contribution in [0.5, 0.6) is 0 Å². The number of fused-ring (bicyclic) bond motifs is 1. The first kappa shape index (κ1) is 12.1. The molecule has 2 aromatic heterocycles. The largest absolute Gasteiger partial charge is 0.373 e. The van der Waals surface area contributed by atoms with E-state index in [1.165, 1.54) is 10.9 Å². The molecule has 0 fully saturated rings. The van der Waals surface area contributed by atoms with Gasteiger partial charge in [0, 0.05) is 29.6 Å². The summed E-state index contributed by atoms with van der Waals surface area (Å²) in [4.78, 5) is 9.01. The van der Waals surface area contributed by atoms with Crippen LogP contribution in [-0.2, 0) is 6.42 Å². The SMILES string of the molecule is CCc1cc2cc(-c3nccs3)ccc2nc1NC. The number of thiazole rings is 1. The highest BCUT2D eigenvalue weighted by Crippen LogP contribution is 2.27. The number of aryl methyl sites for hydroxylation is 1. The Labute approximate surface area is 116 Å². The average Bonchev–Trinajstić information content (AvgIpc) is 2.99. The summed E-state index contributed by atoms with van der Waals surface area (Å²) in [5, 5.41) is 7.38. The molecule has 0 aliphatic heterocycles. The fraction of sp³-hybridized carbons (Fsp3) is 0.200. The Balaban J connectivity index is 2.17. The molecule has 3 rings (SSSR count). The second-order valence-electron chi connectivity index (χ2n) is 4.34.